The highest BCUT2D eigenvalue weighted by Gasteiger charge is 2.21. The maximum Gasteiger partial charge on any atom is 0.257 e. The molecule has 1 aliphatic heterocycles. The number of benzene rings is 2. The maximum absolute atomic E-state index is 12.4. The van der Waals surface area contributed by atoms with E-state index in [1.165, 1.54) is 5.56 Å². The number of aryl methyl sites for hydroxylation is 2. The summed E-state index contributed by atoms with van der Waals surface area (Å²) in [5.41, 5.74) is 4.05. The molecule has 0 bridgehead atoms. The number of hydrogen-bond donors (Lipinski definition) is 1. The van der Waals surface area contributed by atoms with E-state index in [4.69, 9.17) is 12.2 Å². The third-order valence-corrected chi connectivity index (χ3v) is 5.19. The van der Waals surface area contributed by atoms with Gasteiger partial charge in [-0.2, -0.15) is 0 Å². The summed E-state index contributed by atoms with van der Waals surface area (Å²) in [5.74, 6) is -0.182. The van der Waals surface area contributed by atoms with E-state index >= 15 is 0 Å². The van der Waals surface area contributed by atoms with Crippen LogP contribution in [0.15, 0.2) is 46.9 Å². The molecule has 0 spiro atoms. The van der Waals surface area contributed by atoms with Crippen molar-refractivity contribution >= 4 is 44.9 Å². The van der Waals surface area contributed by atoms with Crippen LogP contribution in [0.3, 0.4) is 0 Å². The van der Waals surface area contributed by atoms with Gasteiger partial charge in [0, 0.05) is 22.3 Å². The van der Waals surface area contributed by atoms with Crippen LogP contribution in [0.4, 0.5) is 5.69 Å². The predicted molar refractivity (Wildman–Crippen MR) is 101 cm³/mol. The van der Waals surface area contributed by atoms with Gasteiger partial charge in [-0.15, -0.1) is 0 Å². The molecule has 0 saturated heterocycles. The van der Waals surface area contributed by atoms with Crippen LogP contribution < -0.4 is 10.2 Å². The van der Waals surface area contributed by atoms with Gasteiger partial charge in [-0.3, -0.25) is 10.1 Å². The molecule has 2 aromatic rings. The molecule has 1 aliphatic rings. The van der Waals surface area contributed by atoms with Gasteiger partial charge in [0.25, 0.3) is 5.91 Å². The lowest BCUT2D eigenvalue weighted by Gasteiger charge is -2.31. The summed E-state index contributed by atoms with van der Waals surface area (Å²) >= 11 is 8.92. The lowest BCUT2D eigenvalue weighted by Crippen LogP contribution is -2.45. The number of rotatable bonds is 1. The van der Waals surface area contributed by atoms with Gasteiger partial charge in [-0.1, -0.05) is 40.2 Å². The highest BCUT2D eigenvalue weighted by molar-refractivity contribution is 9.10. The summed E-state index contributed by atoms with van der Waals surface area (Å²) in [4.78, 5) is 14.4. The van der Waals surface area contributed by atoms with Crippen molar-refractivity contribution in [2.24, 2.45) is 0 Å². The van der Waals surface area contributed by atoms with Crippen LogP contribution in [0.1, 0.15) is 27.9 Å². The number of carbonyl (C=O) groups excluding carboxylic acids is 1. The zero-order chi connectivity index (χ0) is 16.4. The van der Waals surface area contributed by atoms with E-state index in [0.29, 0.717) is 10.7 Å². The van der Waals surface area contributed by atoms with Crippen molar-refractivity contribution in [3.63, 3.8) is 0 Å². The fraction of sp³-hybridized carbons (Fsp3) is 0.222. The molecule has 1 heterocycles. The summed E-state index contributed by atoms with van der Waals surface area (Å²) in [6, 6.07) is 13.7. The molecule has 1 amide bonds. The molecule has 0 saturated carbocycles. The fourth-order valence-corrected chi connectivity index (χ4v) is 3.38. The number of para-hydroxylation sites is 1. The zero-order valence-electron chi connectivity index (χ0n) is 12.8. The van der Waals surface area contributed by atoms with Gasteiger partial charge in [0.2, 0.25) is 0 Å². The number of anilines is 1. The normalized spacial score (nSPS) is 13.4. The Balaban J connectivity index is 1.77. The summed E-state index contributed by atoms with van der Waals surface area (Å²) in [6.07, 6.45) is 2.08. The van der Waals surface area contributed by atoms with Crippen molar-refractivity contribution in [3.05, 3.63) is 63.6 Å². The quantitative estimate of drug-likeness (QED) is 0.742. The molecule has 0 atom stereocenters. The van der Waals surface area contributed by atoms with E-state index < -0.39 is 0 Å². The minimum Gasteiger partial charge on any atom is -0.318 e. The van der Waals surface area contributed by atoms with Gasteiger partial charge in [-0.25, -0.2) is 0 Å². The molecule has 3 nitrogen and oxygen atoms in total. The smallest absolute Gasteiger partial charge is 0.257 e. The summed E-state index contributed by atoms with van der Waals surface area (Å²) in [7, 11) is 0. The standard InChI is InChI=1S/C18H17BrN2OS/c1-12-8-9-14(11-15(12)19)17(22)20-18(23)21-10-4-6-13-5-2-3-7-16(13)21/h2-3,5,7-9,11H,4,6,10H2,1H3,(H,20,22,23). The molecule has 0 unspecified atom stereocenters. The average Bonchev–Trinajstić information content (AvgIpc) is 2.56. The van der Waals surface area contributed by atoms with Crippen molar-refractivity contribution in [2.45, 2.75) is 19.8 Å². The van der Waals surface area contributed by atoms with Gasteiger partial charge in [-0.05, 0) is 61.3 Å². The third kappa shape index (κ3) is 3.46. The molecular weight excluding hydrogens is 372 g/mol. The number of carbonyl (C=O) groups is 1. The van der Waals surface area contributed by atoms with Crippen LogP contribution in [0.25, 0.3) is 0 Å². The number of halogens is 1. The van der Waals surface area contributed by atoms with Crippen LogP contribution in [0, 0.1) is 6.92 Å². The summed E-state index contributed by atoms with van der Waals surface area (Å²) in [5, 5.41) is 3.31. The van der Waals surface area contributed by atoms with Crippen molar-refractivity contribution in [3.8, 4) is 0 Å². The Morgan fingerprint density at radius 3 is 2.83 bits per heavy atom. The second kappa shape index (κ2) is 6.81. The Bertz CT molecular complexity index is 775. The highest BCUT2D eigenvalue weighted by Crippen LogP contribution is 2.26. The molecule has 23 heavy (non-hydrogen) atoms. The van der Waals surface area contributed by atoms with Crippen molar-refractivity contribution < 1.29 is 4.79 Å². The van der Waals surface area contributed by atoms with Crippen LogP contribution in [0.5, 0.6) is 0 Å². The number of fused-ring (bicyclic) bond motifs is 1. The topological polar surface area (TPSA) is 32.3 Å². The number of thiocarbonyl (C=S) groups is 1. The monoisotopic (exact) mass is 388 g/mol. The lowest BCUT2D eigenvalue weighted by atomic mass is 10.0. The number of nitrogens with one attached hydrogen (secondary N) is 1. The third-order valence-electron chi connectivity index (χ3n) is 4.01. The maximum atomic E-state index is 12.4. The lowest BCUT2D eigenvalue weighted by molar-refractivity contribution is 0.0977. The first-order valence-electron chi connectivity index (χ1n) is 7.53. The first-order chi connectivity index (χ1) is 11.1. The highest BCUT2D eigenvalue weighted by atomic mass is 79.9. The molecule has 0 aliphatic carbocycles. The van der Waals surface area contributed by atoms with Crippen LogP contribution in [-0.4, -0.2) is 17.6 Å². The van der Waals surface area contributed by atoms with Gasteiger partial charge >= 0.3 is 0 Å². The Labute approximate surface area is 149 Å². The minimum atomic E-state index is -0.182. The largest absolute Gasteiger partial charge is 0.318 e. The molecule has 2 aromatic carbocycles. The van der Waals surface area contributed by atoms with Crippen LogP contribution >= 0.6 is 28.1 Å². The Morgan fingerprint density at radius 2 is 2.04 bits per heavy atom. The molecule has 0 radical (unpaired) electrons. The minimum absolute atomic E-state index is 0.182. The van der Waals surface area contributed by atoms with Gasteiger partial charge < -0.3 is 4.90 Å². The summed E-state index contributed by atoms with van der Waals surface area (Å²) in [6.45, 7) is 2.81. The van der Waals surface area contributed by atoms with E-state index in [1.54, 1.807) is 0 Å². The summed E-state index contributed by atoms with van der Waals surface area (Å²) < 4.78 is 0.916. The van der Waals surface area contributed by atoms with E-state index in [2.05, 4.69) is 33.4 Å². The van der Waals surface area contributed by atoms with Crippen LogP contribution in [0.2, 0.25) is 0 Å². The average molecular weight is 389 g/mol. The molecule has 0 fully saturated rings. The first-order valence-corrected chi connectivity index (χ1v) is 8.73. The second-order valence-electron chi connectivity index (χ2n) is 5.61. The Hall–Kier alpha value is -1.72. The molecule has 1 N–H and O–H groups in total. The predicted octanol–water partition coefficient (Wildman–Crippen LogP) is 4.23. The van der Waals surface area contributed by atoms with Crippen molar-refractivity contribution in [1.29, 1.82) is 0 Å². The molecule has 3 rings (SSSR count). The number of nitrogens with zero attached hydrogens (tertiary/aromatic N) is 1. The molecule has 118 valence electrons. The second-order valence-corrected chi connectivity index (χ2v) is 6.85. The van der Waals surface area contributed by atoms with Crippen molar-refractivity contribution in [1.82, 2.24) is 5.32 Å². The number of hydrogen-bond acceptors (Lipinski definition) is 2. The van der Waals surface area contributed by atoms with E-state index in [0.717, 1.165) is 35.1 Å². The Kier molecular flexibility index (Phi) is 4.78. The van der Waals surface area contributed by atoms with E-state index in [1.807, 2.05) is 42.2 Å². The van der Waals surface area contributed by atoms with Gasteiger partial charge in [0.15, 0.2) is 5.11 Å². The van der Waals surface area contributed by atoms with E-state index in [-0.39, 0.29) is 5.91 Å². The fourth-order valence-electron chi connectivity index (χ4n) is 2.72. The van der Waals surface area contributed by atoms with Gasteiger partial charge in [0.05, 0.1) is 0 Å². The van der Waals surface area contributed by atoms with E-state index in [9.17, 15) is 4.79 Å². The van der Waals surface area contributed by atoms with Crippen molar-refractivity contribution in [2.75, 3.05) is 11.4 Å². The molecule has 5 heteroatoms. The first kappa shape index (κ1) is 16.1. The van der Waals surface area contributed by atoms with Crippen LogP contribution in [-0.2, 0) is 6.42 Å². The Morgan fingerprint density at radius 1 is 1.26 bits per heavy atom. The number of amides is 1. The SMILES string of the molecule is Cc1ccc(C(=O)NC(=S)N2CCCc3ccccc32)cc1Br. The zero-order valence-corrected chi connectivity index (χ0v) is 15.2. The molecular formula is C18H17BrN2OS. The van der Waals surface area contributed by atoms with Gasteiger partial charge in [0.1, 0.15) is 0 Å². The molecule has 0 aromatic heterocycles.